The molecule has 0 aliphatic heterocycles. The van der Waals surface area contributed by atoms with Gasteiger partial charge in [-0.05, 0) is 77.0 Å². The molecule has 0 saturated heterocycles. The summed E-state index contributed by atoms with van der Waals surface area (Å²) in [6.45, 7) is 6.57. The van der Waals surface area contributed by atoms with E-state index in [1.54, 1.807) is 0 Å². The lowest BCUT2D eigenvalue weighted by Gasteiger charge is -2.18. The quantitative estimate of drug-likeness (QED) is 0.0261. The molecular formula is C68H126O6. The highest BCUT2D eigenvalue weighted by Crippen LogP contribution is 2.18. The average Bonchev–Trinajstić information content (AvgIpc) is 3.40. The summed E-state index contributed by atoms with van der Waals surface area (Å²) < 4.78 is 16.7. The Hall–Kier alpha value is -2.37. The number of hydrogen-bond acceptors (Lipinski definition) is 6. The predicted molar refractivity (Wildman–Crippen MR) is 321 cm³/mol. The third kappa shape index (κ3) is 60.5. The maximum absolute atomic E-state index is 12.8. The van der Waals surface area contributed by atoms with Gasteiger partial charge in [0.25, 0.3) is 0 Å². The number of unbranched alkanes of at least 4 members (excludes halogenated alkanes) is 44. The first-order chi connectivity index (χ1) is 36.5. The van der Waals surface area contributed by atoms with Gasteiger partial charge in [0, 0.05) is 19.3 Å². The molecule has 1 atom stereocenters. The molecule has 0 aliphatic rings. The number of carbonyl (C=O) groups excluding carboxylic acids is 3. The third-order valence-electron chi connectivity index (χ3n) is 14.9. The minimum absolute atomic E-state index is 0.0743. The molecule has 0 aromatic heterocycles. The summed E-state index contributed by atoms with van der Waals surface area (Å²) >= 11 is 0. The highest BCUT2D eigenvalue weighted by molar-refractivity contribution is 5.71. The van der Waals surface area contributed by atoms with Crippen LogP contribution in [0.25, 0.3) is 0 Å². The fraction of sp³-hybridized carbons (Fsp3) is 0.868. The van der Waals surface area contributed by atoms with Crippen LogP contribution >= 0.6 is 0 Å². The maximum Gasteiger partial charge on any atom is 0.306 e. The molecule has 1 unspecified atom stereocenters. The van der Waals surface area contributed by atoms with Crippen LogP contribution in [0.1, 0.15) is 361 Å². The van der Waals surface area contributed by atoms with Gasteiger partial charge in [-0.25, -0.2) is 0 Å². The van der Waals surface area contributed by atoms with E-state index in [4.69, 9.17) is 14.2 Å². The molecule has 434 valence electrons. The lowest BCUT2D eigenvalue weighted by atomic mass is 10.0. The van der Waals surface area contributed by atoms with Crippen LogP contribution in [-0.4, -0.2) is 37.2 Å². The minimum atomic E-state index is -0.773. The zero-order valence-corrected chi connectivity index (χ0v) is 49.9. The van der Waals surface area contributed by atoms with E-state index in [2.05, 4.69) is 57.2 Å². The lowest BCUT2D eigenvalue weighted by Crippen LogP contribution is -2.30. The molecule has 0 aromatic carbocycles. The van der Waals surface area contributed by atoms with Crippen molar-refractivity contribution in [2.24, 2.45) is 0 Å². The number of hydrogen-bond donors (Lipinski definition) is 0. The van der Waals surface area contributed by atoms with E-state index < -0.39 is 6.10 Å². The van der Waals surface area contributed by atoms with Crippen molar-refractivity contribution in [3.63, 3.8) is 0 Å². The van der Waals surface area contributed by atoms with Crippen molar-refractivity contribution in [3.8, 4) is 0 Å². The van der Waals surface area contributed by atoms with Crippen LogP contribution in [0.15, 0.2) is 36.5 Å². The molecule has 0 bridgehead atoms. The van der Waals surface area contributed by atoms with Crippen LogP contribution in [-0.2, 0) is 28.6 Å². The van der Waals surface area contributed by atoms with Gasteiger partial charge in [-0.1, -0.05) is 301 Å². The molecule has 0 fully saturated rings. The van der Waals surface area contributed by atoms with Crippen LogP contribution in [0.3, 0.4) is 0 Å². The van der Waals surface area contributed by atoms with E-state index in [1.165, 1.54) is 231 Å². The Morgan fingerprint density at radius 3 is 0.770 bits per heavy atom. The Kier molecular flexibility index (Phi) is 61.1. The van der Waals surface area contributed by atoms with E-state index in [-0.39, 0.29) is 31.1 Å². The summed E-state index contributed by atoms with van der Waals surface area (Å²) in [5.41, 5.74) is 0. The van der Waals surface area contributed by atoms with Gasteiger partial charge < -0.3 is 14.2 Å². The zero-order chi connectivity index (χ0) is 53.6. The fourth-order valence-corrected chi connectivity index (χ4v) is 9.88. The van der Waals surface area contributed by atoms with E-state index in [0.29, 0.717) is 19.3 Å². The first kappa shape index (κ1) is 71.6. The summed E-state index contributed by atoms with van der Waals surface area (Å²) in [4.78, 5) is 37.8. The van der Waals surface area contributed by atoms with Crippen molar-refractivity contribution in [2.45, 2.75) is 367 Å². The second-order valence-corrected chi connectivity index (χ2v) is 22.4. The third-order valence-corrected chi connectivity index (χ3v) is 14.9. The second kappa shape index (κ2) is 63.2. The standard InChI is InChI=1S/C68H126O6/c1-4-7-10-13-15-17-19-21-23-25-26-27-28-29-30-31-32-33-34-35-36-37-38-39-40-41-42-43-45-46-48-50-52-55-58-61-67(70)73-64-65(63-72-66(69)60-57-54-12-9-6-3)74-68(71)62-59-56-53-51-49-47-44-24-22-20-18-16-14-11-8-5-2/h18,20,24-26,44,65H,4-17,19,21-23,27-43,45-64H2,1-3H3/b20-18-,26-25-,44-24-. The van der Waals surface area contributed by atoms with Gasteiger partial charge in [-0.3, -0.25) is 14.4 Å². The van der Waals surface area contributed by atoms with Crippen LogP contribution in [0.5, 0.6) is 0 Å². The Balaban J connectivity index is 3.85. The molecule has 0 spiro atoms. The van der Waals surface area contributed by atoms with E-state index in [1.807, 2.05) is 0 Å². The van der Waals surface area contributed by atoms with Crippen LogP contribution in [0.2, 0.25) is 0 Å². The first-order valence-electron chi connectivity index (χ1n) is 33.0. The molecule has 0 heterocycles. The van der Waals surface area contributed by atoms with Gasteiger partial charge >= 0.3 is 17.9 Å². The van der Waals surface area contributed by atoms with Crippen molar-refractivity contribution in [1.29, 1.82) is 0 Å². The smallest absolute Gasteiger partial charge is 0.306 e. The summed E-state index contributed by atoms with van der Waals surface area (Å²) in [5.74, 6) is -0.885. The van der Waals surface area contributed by atoms with Crippen molar-refractivity contribution in [2.75, 3.05) is 13.2 Å². The average molecular weight is 1040 g/mol. The normalized spacial score (nSPS) is 12.2. The Morgan fingerprint density at radius 2 is 0.486 bits per heavy atom. The molecular weight excluding hydrogens is 913 g/mol. The molecule has 6 nitrogen and oxygen atoms in total. The van der Waals surface area contributed by atoms with Gasteiger partial charge in [0.1, 0.15) is 13.2 Å². The molecule has 0 N–H and O–H groups in total. The van der Waals surface area contributed by atoms with Gasteiger partial charge in [-0.15, -0.1) is 0 Å². The molecule has 0 saturated carbocycles. The fourth-order valence-electron chi connectivity index (χ4n) is 9.88. The number of rotatable bonds is 61. The van der Waals surface area contributed by atoms with Gasteiger partial charge in [0.15, 0.2) is 6.10 Å². The molecule has 0 amide bonds. The number of ether oxygens (including phenoxy) is 3. The number of carbonyl (C=O) groups is 3. The van der Waals surface area contributed by atoms with Crippen LogP contribution in [0.4, 0.5) is 0 Å². The summed E-state index contributed by atoms with van der Waals surface area (Å²) in [6, 6.07) is 0. The molecule has 0 aliphatic carbocycles. The van der Waals surface area contributed by atoms with E-state index in [0.717, 1.165) is 89.9 Å². The van der Waals surface area contributed by atoms with Crippen LogP contribution < -0.4 is 0 Å². The van der Waals surface area contributed by atoms with Crippen molar-refractivity contribution < 1.29 is 28.6 Å². The zero-order valence-electron chi connectivity index (χ0n) is 49.9. The first-order valence-corrected chi connectivity index (χ1v) is 33.0. The van der Waals surface area contributed by atoms with Crippen molar-refractivity contribution in [1.82, 2.24) is 0 Å². The second-order valence-electron chi connectivity index (χ2n) is 22.4. The molecule has 0 radical (unpaired) electrons. The van der Waals surface area contributed by atoms with Gasteiger partial charge in [0.2, 0.25) is 0 Å². The summed E-state index contributed by atoms with van der Waals surface area (Å²) in [6.07, 6.45) is 78.1. The molecule has 74 heavy (non-hydrogen) atoms. The van der Waals surface area contributed by atoms with E-state index >= 15 is 0 Å². The Bertz CT molecular complexity index is 1240. The minimum Gasteiger partial charge on any atom is -0.462 e. The largest absolute Gasteiger partial charge is 0.462 e. The summed E-state index contributed by atoms with van der Waals surface area (Å²) in [7, 11) is 0. The SMILES string of the molecule is CCCCCC/C=C\C/C=C\CCCCCCCC(=O)OC(COC(=O)CCCCCCC)COC(=O)CCCCCCCCCCCCCCCCCCCCCCCCC/C=C\CCCCCCCCCC. The molecule has 0 rings (SSSR count). The highest BCUT2D eigenvalue weighted by Gasteiger charge is 2.19. The van der Waals surface area contributed by atoms with Crippen LogP contribution in [0, 0.1) is 0 Å². The highest BCUT2D eigenvalue weighted by atomic mass is 16.6. The summed E-state index contributed by atoms with van der Waals surface area (Å²) in [5, 5.41) is 0. The molecule has 0 aromatic rings. The van der Waals surface area contributed by atoms with Gasteiger partial charge in [0.05, 0.1) is 0 Å². The topological polar surface area (TPSA) is 78.9 Å². The molecule has 6 heteroatoms. The lowest BCUT2D eigenvalue weighted by molar-refractivity contribution is -0.167. The monoisotopic (exact) mass is 1040 g/mol. The van der Waals surface area contributed by atoms with Crippen molar-refractivity contribution >= 4 is 17.9 Å². The number of allylic oxidation sites excluding steroid dienone is 6. The predicted octanol–water partition coefficient (Wildman–Crippen LogP) is 22.4. The number of esters is 3. The van der Waals surface area contributed by atoms with Gasteiger partial charge in [-0.2, -0.15) is 0 Å². The van der Waals surface area contributed by atoms with E-state index in [9.17, 15) is 14.4 Å². The Morgan fingerprint density at radius 1 is 0.270 bits per heavy atom. The van der Waals surface area contributed by atoms with Crippen molar-refractivity contribution in [3.05, 3.63) is 36.5 Å². The maximum atomic E-state index is 12.8. The Labute approximate surface area is 461 Å².